The van der Waals surface area contributed by atoms with Crippen molar-refractivity contribution in [2.24, 2.45) is 0 Å². The molecule has 0 aliphatic carbocycles. The van der Waals surface area contributed by atoms with Gasteiger partial charge in [-0.3, -0.25) is 9.32 Å². The van der Waals surface area contributed by atoms with E-state index < -0.39 is 32.0 Å². The van der Waals surface area contributed by atoms with E-state index in [9.17, 15) is 14.5 Å². The summed E-state index contributed by atoms with van der Waals surface area (Å²) in [5.74, 6) is -0.289. The second-order valence-electron chi connectivity index (χ2n) is 6.91. The van der Waals surface area contributed by atoms with E-state index in [-0.39, 0.29) is 13.2 Å². The fourth-order valence-electron chi connectivity index (χ4n) is 2.82. The van der Waals surface area contributed by atoms with Crippen molar-refractivity contribution in [3.8, 4) is 5.75 Å². The van der Waals surface area contributed by atoms with Gasteiger partial charge in [0.25, 0.3) is 0 Å². The summed E-state index contributed by atoms with van der Waals surface area (Å²) in [6, 6.07) is 16.8. The maximum atomic E-state index is 13.3. The Morgan fingerprint density at radius 1 is 1.20 bits per heavy atom. The van der Waals surface area contributed by atoms with Crippen LogP contribution in [0, 0.1) is 0 Å². The fourth-order valence-corrected chi connectivity index (χ4v) is 4.32. The van der Waals surface area contributed by atoms with Crippen LogP contribution in [0.3, 0.4) is 0 Å². The molecule has 2 N–H and O–H groups in total. The normalized spacial score (nSPS) is 21.5. The molecule has 2 unspecified atom stereocenters. The van der Waals surface area contributed by atoms with Crippen LogP contribution in [-0.2, 0) is 30.0 Å². The van der Waals surface area contributed by atoms with Crippen molar-refractivity contribution in [2.75, 3.05) is 13.2 Å². The molecule has 0 spiro atoms. The first-order valence-corrected chi connectivity index (χ1v) is 11.3. The molecule has 0 radical (unpaired) electrons. The van der Waals surface area contributed by atoms with Gasteiger partial charge < -0.3 is 19.1 Å². The molecule has 1 fully saturated rings. The van der Waals surface area contributed by atoms with E-state index in [0.717, 1.165) is 5.56 Å². The number of aliphatic hydroxyl groups is 1. The first-order chi connectivity index (χ1) is 14.5. The van der Waals surface area contributed by atoms with Crippen LogP contribution >= 0.6 is 7.75 Å². The Labute approximate surface area is 175 Å². The predicted octanol–water partition coefficient (Wildman–Crippen LogP) is 3.06. The third-order valence-corrected chi connectivity index (χ3v) is 6.13. The molecule has 0 aromatic heterocycles. The number of aliphatic hydroxyl groups excluding tert-OH is 1. The monoisotopic (exact) mass is 435 g/mol. The zero-order chi connectivity index (χ0) is 21.4. The molecular formula is C21H26NO7P. The highest BCUT2D eigenvalue weighted by molar-refractivity contribution is 7.52. The molecule has 4 atom stereocenters. The van der Waals surface area contributed by atoms with Gasteiger partial charge in [0.2, 0.25) is 0 Å². The number of esters is 1. The topological polar surface area (TPSA) is 103 Å². The van der Waals surface area contributed by atoms with E-state index in [1.807, 2.05) is 30.3 Å². The van der Waals surface area contributed by atoms with E-state index in [2.05, 4.69) is 5.09 Å². The molecular weight excluding hydrogens is 409 g/mol. The SMILES string of the molecule is C[C@H](NP(=O)(OCC1OCC[C@H]1O)Oc1ccccc1)C(=O)OCc1ccccc1. The number of para-hydroxylation sites is 1. The van der Waals surface area contributed by atoms with Crippen LogP contribution < -0.4 is 9.61 Å². The van der Waals surface area contributed by atoms with Crippen LogP contribution in [0.25, 0.3) is 0 Å². The van der Waals surface area contributed by atoms with Crippen LogP contribution in [0.1, 0.15) is 18.9 Å². The summed E-state index contributed by atoms with van der Waals surface area (Å²) in [7, 11) is -3.97. The third kappa shape index (κ3) is 6.65. The van der Waals surface area contributed by atoms with Gasteiger partial charge in [0.1, 0.15) is 24.5 Å². The average Bonchev–Trinajstić information content (AvgIpc) is 3.16. The highest BCUT2D eigenvalue weighted by Crippen LogP contribution is 2.45. The Kier molecular flexibility index (Phi) is 8.01. The molecule has 1 aliphatic heterocycles. The first-order valence-electron chi connectivity index (χ1n) is 9.72. The van der Waals surface area contributed by atoms with Gasteiger partial charge in [-0.05, 0) is 31.0 Å². The Bertz CT molecular complexity index is 849. The summed E-state index contributed by atoms with van der Waals surface area (Å²) in [4.78, 5) is 12.4. The van der Waals surface area contributed by atoms with Crippen LogP contribution in [0.5, 0.6) is 5.75 Å². The minimum Gasteiger partial charge on any atom is -0.460 e. The van der Waals surface area contributed by atoms with Crippen LogP contribution in [0.4, 0.5) is 0 Å². The van der Waals surface area contributed by atoms with Crippen molar-refractivity contribution < 1.29 is 33.0 Å². The molecule has 0 bridgehead atoms. The maximum absolute atomic E-state index is 13.3. The second kappa shape index (κ2) is 10.7. The van der Waals surface area contributed by atoms with Crippen molar-refractivity contribution >= 4 is 13.7 Å². The molecule has 0 saturated carbocycles. The lowest BCUT2D eigenvalue weighted by Crippen LogP contribution is -2.36. The number of hydrogen-bond donors (Lipinski definition) is 2. The minimum atomic E-state index is -3.97. The summed E-state index contributed by atoms with van der Waals surface area (Å²) in [5, 5.41) is 12.5. The van der Waals surface area contributed by atoms with Crippen molar-refractivity contribution in [3.63, 3.8) is 0 Å². The van der Waals surface area contributed by atoms with E-state index >= 15 is 0 Å². The Hall–Kier alpha value is -2.22. The van der Waals surface area contributed by atoms with Crippen molar-refractivity contribution in [1.29, 1.82) is 0 Å². The number of benzene rings is 2. The van der Waals surface area contributed by atoms with Gasteiger partial charge in [-0.1, -0.05) is 48.5 Å². The first kappa shape index (κ1) is 22.5. The van der Waals surface area contributed by atoms with Crippen molar-refractivity contribution in [1.82, 2.24) is 5.09 Å². The Morgan fingerprint density at radius 3 is 2.50 bits per heavy atom. The van der Waals surface area contributed by atoms with E-state index in [0.29, 0.717) is 18.8 Å². The van der Waals surface area contributed by atoms with Crippen molar-refractivity contribution in [2.45, 2.75) is 38.2 Å². The molecule has 8 nitrogen and oxygen atoms in total. The summed E-state index contributed by atoms with van der Waals surface area (Å²) in [6.07, 6.45) is -0.837. The fraction of sp³-hybridized carbons (Fsp3) is 0.381. The molecule has 3 rings (SSSR count). The van der Waals surface area contributed by atoms with E-state index in [1.165, 1.54) is 6.92 Å². The number of rotatable bonds is 10. The summed E-state index contributed by atoms with van der Waals surface area (Å²) >= 11 is 0. The highest BCUT2D eigenvalue weighted by Gasteiger charge is 2.35. The standard InChI is InChI=1S/C21H26NO7P/c1-16(21(24)27-14-17-8-4-2-5-9-17)22-30(25,29-18-10-6-3-7-11-18)28-15-20-19(23)12-13-26-20/h2-11,16,19-20,23H,12-15H2,1H3,(H,22,25)/t16-,19+,20?,30?/m0/s1. The number of carbonyl (C=O) groups excluding carboxylic acids is 1. The quantitative estimate of drug-likeness (QED) is 0.434. The number of carbonyl (C=O) groups is 1. The lowest BCUT2D eigenvalue weighted by atomic mass is 10.2. The van der Waals surface area contributed by atoms with E-state index in [1.54, 1.807) is 30.3 Å². The minimum absolute atomic E-state index is 0.0957. The number of ether oxygens (including phenoxy) is 2. The summed E-state index contributed by atoms with van der Waals surface area (Å²) in [5.41, 5.74) is 0.838. The van der Waals surface area contributed by atoms with Gasteiger partial charge in [0.15, 0.2) is 0 Å². The zero-order valence-electron chi connectivity index (χ0n) is 16.7. The van der Waals surface area contributed by atoms with Crippen LogP contribution in [0.15, 0.2) is 60.7 Å². The molecule has 162 valence electrons. The van der Waals surface area contributed by atoms with Gasteiger partial charge in [0, 0.05) is 6.61 Å². The highest BCUT2D eigenvalue weighted by atomic mass is 31.2. The van der Waals surface area contributed by atoms with Gasteiger partial charge in [-0.2, -0.15) is 5.09 Å². The van der Waals surface area contributed by atoms with Gasteiger partial charge in [-0.15, -0.1) is 0 Å². The molecule has 9 heteroatoms. The van der Waals surface area contributed by atoms with Gasteiger partial charge in [-0.25, -0.2) is 4.57 Å². The molecule has 30 heavy (non-hydrogen) atoms. The smallest absolute Gasteiger partial charge is 0.459 e. The van der Waals surface area contributed by atoms with Crippen LogP contribution in [0.2, 0.25) is 0 Å². The molecule has 2 aromatic carbocycles. The summed E-state index contributed by atoms with van der Waals surface area (Å²) < 4.78 is 35.1. The third-order valence-electron chi connectivity index (χ3n) is 4.48. The number of nitrogens with one attached hydrogen (secondary N) is 1. The average molecular weight is 435 g/mol. The zero-order valence-corrected chi connectivity index (χ0v) is 17.6. The largest absolute Gasteiger partial charge is 0.460 e. The van der Waals surface area contributed by atoms with Crippen LogP contribution in [-0.4, -0.2) is 42.5 Å². The second-order valence-corrected chi connectivity index (χ2v) is 8.60. The Morgan fingerprint density at radius 2 is 1.87 bits per heavy atom. The predicted molar refractivity (Wildman–Crippen MR) is 110 cm³/mol. The lowest BCUT2D eigenvalue weighted by Gasteiger charge is -2.24. The van der Waals surface area contributed by atoms with Gasteiger partial charge >= 0.3 is 13.7 Å². The number of hydrogen-bond acceptors (Lipinski definition) is 7. The summed E-state index contributed by atoms with van der Waals surface area (Å²) in [6.45, 7) is 1.86. The van der Waals surface area contributed by atoms with Crippen molar-refractivity contribution in [3.05, 3.63) is 66.2 Å². The molecule has 0 amide bonds. The maximum Gasteiger partial charge on any atom is 0.459 e. The van der Waals surface area contributed by atoms with Gasteiger partial charge in [0.05, 0.1) is 12.7 Å². The Balaban J connectivity index is 1.62. The van der Waals surface area contributed by atoms with E-state index in [4.69, 9.17) is 18.5 Å². The molecule has 2 aromatic rings. The molecule has 1 aliphatic rings. The molecule has 1 heterocycles. The molecule has 1 saturated heterocycles. The lowest BCUT2D eigenvalue weighted by molar-refractivity contribution is -0.146.